The molecule has 4 atom stereocenters. The Bertz CT molecular complexity index is 2530. The Kier molecular flexibility index (Phi) is 14.2. The van der Waals surface area contributed by atoms with E-state index >= 15 is 0 Å². The first-order chi connectivity index (χ1) is 30.8. The fourth-order valence-electron chi connectivity index (χ4n) is 9.45. The average Bonchev–Trinajstić information content (AvgIpc) is 3.84. The monoisotopic (exact) mass is 933 g/mol. The predicted molar refractivity (Wildman–Crippen MR) is 249 cm³/mol. The molecule has 6 heterocycles. The second kappa shape index (κ2) is 19.2. The second-order valence-corrected chi connectivity index (χ2v) is 21.6. The van der Waals surface area contributed by atoms with Crippen LogP contribution in [0.25, 0.3) is 33.4 Å². The molecule has 2 saturated heterocycles. The topological polar surface area (TPSA) is 197 Å². The number of aryl methyl sites for hydroxylation is 1. The molecule has 0 radical (unpaired) electrons. The number of hydrazine groups is 1. The maximum Gasteiger partial charge on any atom is 0.320 e. The number of hydrogen-bond donors (Lipinski definition) is 3. The summed E-state index contributed by atoms with van der Waals surface area (Å²) in [6.45, 7) is 13.7. The van der Waals surface area contributed by atoms with Gasteiger partial charge in [0.15, 0.2) is 0 Å². The van der Waals surface area contributed by atoms with Crippen LogP contribution in [0.2, 0.25) is 0 Å². The molecule has 3 aromatic heterocycles. The number of likely N-dealkylation sites (tertiary alicyclic amines) is 1. The number of aromatic nitrogens is 3. The fourth-order valence-corrected chi connectivity index (χ4v) is 11.1. The number of urea groups is 1. The lowest BCUT2D eigenvalue weighted by Gasteiger charge is -2.43. The molecule has 17 nitrogen and oxygen atoms in total. The molecule has 6 bridgehead atoms. The first-order valence-corrected chi connectivity index (χ1v) is 25.0. The van der Waals surface area contributed by atoms with Crippen LogP contribution in [0.1, 0.15) is 76.8 Å². The van der Waals surface area contributed by atoms with Gasteiger partial charge in [-0.1, -0.05) is 33.8 Å². The number of amides is 4. The van der Waals surface area contributed by atoms with Gasteiger partial charge in [-0.05, 0) is 74.3 Å². The number of carbonyl (C=O) groups excluding carboxylic acids is 4. The van der Waals surface area contributed by atoms with Crippen molar-refractivity contribution >= 4 is 56.4 Å². The molecule has 3 aliphatic rings. The van der Waals surface area contributed by atoms with E-state index in [0.717, 1.165) is 57.2 Å². The Balaban J connectivity index is 1.27. The first-order valence-electron chi connectivity index (χ1n) is 22.3. The van der Waals surface area contributed by atoms with Crippen LogP contribution in [0.3, 0.4) is 0 Å². The van der Waals surface area contributed by atoms with Gasteiger partial charge in [0, 0.05) is 80.4 Å². The number of likely N-dealkylation sites (N-methyl/N-ethyl adjacent to an activating group) is 1. The number of thiazole rings is 1. The smallest absolute Gasteiger partial charge is 0.320 e. The van der Waals surface area contributed by atoms with Crippen molar-refractivity contribution in [3.8, 4) is 22.5 Å². The summed E-state index contributed by atoms with van der Waals surface area (Å²) in [7, 11) is -0.237. The highest BCUT2D eigenvalue weighted by Gasteiger charge is 2.43. The Morgan fingerprint density at radius 1 is 1.17 bits per heavy atom. The van der Waals surface area contributed by atoms with Crippen LogP contribution >= 0.6 is 11.3 Å². The Morgan fingerprint density at radius 3 is 2.60 bits per heavy atom. The van der Waals surface area contributed by atoms with Gasteiger partial charge < -0.3 is 34.0 Å². The number of nitrogens with zero attached hydrogens (tertiary/aromatic N) is 6. The summed E-state index contributed by atoms with van der Waals surface area (Å²) in [5, 5.41) is 8.04. The van der Waals surface area contributed by atoms with Gasteiger partial charge in [0.1, 0.15) is 23.9 Å². The van der Waals surface area contributed by atoms with Crippen LogP contribution in [0.15, 0.2) is 41.9 Å². The van der Waals surface area contributed by atoms with Gasteiger partial charge in [0.05, 0.1) is 53.7 Å². The van der Waals surface area contributed by atoms with Crippen molar-refractivity contribution in [2.24, 2.45) is 11.3 Å². The predicted octanol–water partition coefficient (Wildman–Crippen LogP) is 4.55. The lowest BCUT2D eigenvalue weighted by molar-refractivity contribution is -0.147. The minimum Gasteiger partial charge on any atom is -0.378 e. The molecule has 0 spiro atoms. The van der Waals surface area contributed by atoms with Crippen LogP contribution in [0.4, 0.5) is 4.79 Å². The second-order valence-electron chi connectivity index (χ2n) is 18.9. The number of aldehydes is 1. The summed E-state index contributed by atoms with van der Waals surface area (Å²) in [4.78, 5) is 68.4. The molecular weight excluding hydrogens is 871 g/mol. The molecule has 2 fully saturated rings. The number of nitrogens with one attached hydrogen (secondary N) is 3. The molecule has 3 N–H and O–H groups in total. The molecule has 0 saturated carbocycles. The average molecular weight is 934 g/mol. The Hall–Kier alpha value is -4.79. The highest BCUT2D eigenvalue weighted by Crippen LogP contribution is 2.42. The van der Waals surface area contributed by atoms with Crippen molar-refractivity contribution in [3.05, 3.63) is 58.2 Å². The number of sulfonamides is 1. The molecule has 1 aromatic carbocycles. The number of methoxy groups -OCH3 is 1. The van der Waals surface area contributed by atoms with E-state index in [1.54, 1.807) is 13.3 Å². The number of ether oxygens (including phenoxy) is 2. The molecule has 1 unspecified atom stereocenters. The third-order valence-corrected chi connectivity index (χ3v) is 14.3. The maximum atomic E-state index is 14.7. The maximum absolute atomic E-state index is 14.7. The first kappa shape index (κ1) is 48.2. The lowest BCUT2D eigenvalue weighted by atomic mass is 9.84. The Morgan fingerprint density at radius 2 is 1.92 bits per heavy atom. The van der Waals surface area contributed by atoms with Gasteiger partial charge in [0.2, 0.25) is 15.9 Å². The third-order valence-electron chi connectivity index (χ3n) is 12.7. The van der Waals surface area contributed by atoms with Crippen LogP contribution in [0.5, 0.6) is 0 Å². The van der Waals surface area contributed by atoms with Crippen LogP contribution < -0.4 is 15.5 Å². The van der Waals surface area contributed by atoms with Crippen LogP contribution in [-0.4, -0.2) is 139 Å². The number of benzene rings is 1. The third kappa shape index (κ3) is 10.3. The highest BCUT2D eigenvalue weighted by molar-refractivity contribution is 7.88. The number of carbonyl (C=O) groups is 4. The molecule has 7 rings (SSSR count). The summed E-state index contributed by atoms with van der Waals surface area (Å²) < 4.78 is 40.6. The van der Waals surface area contributed by atoms with Crippen molar-refractivity contribution in [1.82, 2.24) is 44.8 Å². The van der Waals surface area contributed by atoms with Crippen LogP contribution in [0, 0.1) is 11.3 Å². The van der Waals surface area contributed by atoms with Gasteiger partial charge in [-0.3, -0.25) is 19.6 Å². The minimum absolute atomic E-state index is 0.0157. The van der Waals surface area contributed by atoms with E-state index in [2.05, 4.69) is 65.1 Å². The normalized spacial score (nSPS) is 21.7. The minimum atomic E-state index is -3.45. The number of hydrogen-bond acceptors (Lipinski definition) is 12. The van der Waals surface area contributed by atoms with Crippen molar-refractivity contribution in [2.75, 3.05) is 53.3 Å². The summed E-state index contributed by atoms with van der Waals surface area (Å²) >= 11 is 1.39. The van der Waals surface area contributed by atoms with E-state index in [4.69, 9.17) is 19.4 Å². The van der Waals surface area contributed by atoms with E-state index < -0.39 is 56.9 Å². The molecule has 65 heavy (non-hydrogen) atoms. The molecular formula is C46H63N9O8S2. The summed E-state index contributed by atoms with van der Waals surface area (Å²) in [5.41, 5.74) is 8.29. The zero-order valence-electron chi connectivity index (χ0n) is 38.8. The van der Waals surface area contributed by atoms with E-state index in [1.165, 1.54) is 33.2 Å². The SMILES string of the molecule is CCn1c(-c2cccnc2[C@H](C)OC)c2c3cc(ccc31)-c1csc(n1)C[C@H](NC(=O)[C@H](C(C)C)N(C)C(=O)N1CC(NS(C)(=O)=O)C1)C(=O)N1CCCC(C=O)(COCC(C)(C)C2)N1. The van der Waals surface area contributed by atoms with Gasteiger partial charge in [0.25, 0.3) is 5.91 Å². The van der Waals surface area contributed by atoms with Crippen molar-refractivity contribution in [2.45, 2.75) is 104 Å². The van der Waals surface area contributed by atoms with Gasteiger partial charge >= 0.3 is 6.03 Å². The number of pyridine rings is 1. The molecule has 3 aliphatic heterocycles. The fraction of sp³-hybridized carbons (Fsp3) is 0.565. The largest absolute Gasteiger partial charge is 0.378 e. The molecule has 4 amide bonds. The molecule has 4 aromatic rings. The van der Waals surface area contributed by atoms with E-state index in [-0.39, 0.29) is 44.7 Å². The van der Waals surface area contributed by atoms with Crippen LogP contribution in [-0.2, 0) is 53.3 Å². The van der Waals surface area contributed by atoms with Gasteiger partial charge in [-0.25, -0.2) is 28.3 Å². The highest BCUT2D eigenvalue weighted by atomic mass is 32.2. The molecule has 19 heteroatoms. The lowest BCUT2D eigenvalue weighted by Crippen LogP contribution is -2.67. The summed E-state index contributed by atoms with van der Waals surface area (Å²) in [6, 6.07) is 7.48. The zero-order chi connectivity index (χ0) is 47.0. The number of rotatable bonds is 11. The van der Waals surface area contributed by atoms with Gasteiger partial charge in [-0.2, -0.15) is 0 Å². The summed E-state index contributed by atoms with van der Waals surface area (Å²) in [5.74, 6) is -1.34. The molecule has 352 valence electrons. The number of fused-ring (bicyclic) bond motifs is 6. The molecule has 0 aliphatic carbocycles. The Labute approximate surface area is 385 Å². The zero-order valence-corrected chi connectivity index (χ0v) is 40.5. The van der Waals surface area contributed by atoms with Gasteiger partial charge in [-0.15, -0.1) is 11.3 Å². The quantitative estimate of drug-likeness (QED) is 0.179. The summed E-state index contributed by atoms with van der Waals surface area (Å²) in [6.07, 6.45) is 5.05. The van der Waals surface area contributed by atoms with E-state index in [0.29, 0.717) is 37.4 Å². The van der Waals surface area contributed by atoms with Crippen molar-refractivity contribution in [1.29, 1.82) is 0 Å². The van der Waals surface area contributed by atoms with E-state index in [9.17, 15) is 27.6 Å². The van der Waals surface area contributed by atoms with E-state index in [1.807, 2.05) is 32.2 Å². The standard InChI is InChI=1S/C46H63N9O8S2/c1-10-54-37-15-14-30-19-33(37)34(41(54)32-13-11-17-47-39(32)29(4)62-8)21-45(5,6)26-63-27-46(25-56)16-12-18-55(51-46)43(58)35(20-38-48-36(30)24-64-38)49-42(57)40(28(2)3)52(7)44(59)53-22-31(23-53)50-65(9,60)61/h11,13-15,17,19,24-25,28-29,31,35,40,50-51H,10,12,16,18,20-23,26-27H2,1-9H3,(H,49,57)/t29-,35-,40-,46?/m0/s1. The van der Waals surface area contributed by atoms with Crippen molar-refractivity contribution < 1.29 is 37.1 Å². The van der Waals surface area contributed by atoms with Crippen molar-refractivity contribution in [3.63, 3.8) is 0 Å².